The highest BCUT2D eigenvalue weighted by molar-refractivity contribution is 7.90. The van der Waals surface area contributed by atoms with Gasteiger partial charge in [-0.1, -0.05) is 0 Å². The van der Waals surface area contributed by atoms with Gasteiger partial charge < -0.3 is 9.64 Å². The van der Waals surface area contributed by atoms with Gasteiger partial charge in [-0.2, -0.15) is 0 Å². The Balaban J connectivity index is 1.40. The van der Waals surface area contributed by atoms with E-state index < -0.39 is 9.84 Å². The summed E-state index contributed by atoms with van der Waals surface area (Å²) in [4.78, 5) is 23.7. The molecule has 0 N–H and O–H groups in total. The van der Waals surface area contributed by atoms with E-state index in [4.69, 9.17) is 4.74 Å². The first kappa shape index (κ1) is 21.0. The van der Waals surface area contributed by atoms with Gasteiger partial charge in [0.25, 0.3) is 5.56 Å². The molecule has 3 aromatic rings. The predicted molar refractivity (Wildman–Crippen MR) is 118 cm³/mol. The van der Waals surface area contributed by atoms with E-state index in [1.54, 1.807) is 24.4 Å². The van der Waals surface area contributed by atoms with Crippen molar-refractivity contribution in [2.75, 3.05) is 24.2 Å². The van der Waals surface area contributed by atoms with Crippen LogP contribution in [0.1, 0.15) is 18.4 Å². The molecule has 0 saturated carbocycles. The Kier molecular flexibility index (Phi) is 5.77. The number of benzene rings is 1. The van der Waals surface area contributed by atoms with Crippen molar-refractivity contribution in [3.05, 3.63) is 70.9 Å². The normalized spacial score (nSPS) is 15.1. The lowest BCUT2D eigenvalue weighted by Crippen LogP contribution is -2.39. The zero-order chi connectivity index (χ0) is 22.0. The third-order valence-corrected chi connectivity index (χ3v) is 6.36. The molecule has 0 radical (unpaired) electrons. The Morgan fingerprint density at radius 1 is 1.03 bits per heavy atom. The molecule has 1 aliphatic heterocycles. The fourth-order valence-corrected chi connectivity index (χ4v) is 4.15. The number of aryl methyl sites for hydroxylation is 1. The van der Waals surface area contributed by atoms with Crippen LogP contribution in [0.15, 0.2) is 64.7 Å². The average Bonchev–Trinajstić information content (AvgIpc) is 2.75. The molecule has 0 atom stereocenters. The highest BCUT2D eigenvalue weighted by atomic mass is 32.2. The van der Waals surface area contributed by atoms with Crippen LogP contribution in [-0.4, -0.2) is 48.4 Å². The molecule has 0 spiro atoms. The lowest BCUT2D eigenvalue weighted by molar-refractivity contribution is 0.170. The van der Waals surface area contributed by atoms with Gasteiger partial charge in [-0.3, -0.25) is 9.36 Å². The molecule has 162 valence electrons. The second kappa shape index (κ2) is 8.50. The number of ether oxygens (including phenoxy) is 1. The maximum absolute atomic E-state index is 12.6. The van der Waals surface area contributed by atoms with Gasteiger partial charge in [0.2, 0.25) is 5.95 Å². The van der Waals surface area contributed by atoms with E-state index in [9.17, 15) is 13.2 Å². The monoisotopic (exact) mass is 440 g/mol. The summed E-state index contributed by atoms with van der Waals surface area (Å²) in [6.07, 6.45) is 8.07. The Labute approximate surface area is 181 Å². The predicted octanol–water partition coefficient (Wildman–Crippen LogP) is 2.39. The molecule has 31 heavy (non-hydrogen) atoms. The molecular formula is C22H24N4O4S. The fourth-order valence-electron chi connectivity index (χ4n) is 3.52. The number of anilines is 1. The number of piperidine rings is 1. The largest absolute Gasteiger partial charge is 0.490 e. The lowest BCUT2D eigenvalue weighted by Gasteiger charge is -2.32. The smallest absolute Gasteiger partial charge is 0.258 e. The molecule has 1 aromatic carbocycles. The molecule has 8 nitrogen and oxygen atoms in total. The van der Waals surface area contributed by atoms with Crippen molar-refractivity contribution in [2.45, 2.75) is 30.8 Å². The minimum Gasteiger partial charge on any atom is -0.490 e. The second-order valence-electron chi connectivity index (χ2n) is 7.70. The number of pyridine rings is 1. The molecule has 3 heterocycles. The Bertz CT molecular complexity index is 1210. The van der Waals surface area contributed by atoms with E-state index in [2.05, 4.69) is 14.9 Å². The van der Waals surface area contributed by atoms with Crippen LogP contribution < -0.4 is 15.2 Å². The Morgan fingerprint density at radius 3 is 2.26 bits per heavy atom. The molecule has 1 saturated heterocycles. The van der Waals surface area contributed by atoms with Crippen LogP contribution >= 0.6 is 0 Å². The van der Waals surface area contributed by atoms with Crippen LogP contribution in [-0.2, 0) is 9.84 Å². The zero-order valence-electron chi connectivity index (χ0n) is 17.4. The molecule has 0 amide bonds. The van der Waals surface area contributed by atoms with Gasteiger partial charge in [0.15, 0.2) is 9.84 Å². The van der Waals surface area contributed by atoms with Crippen LogP contribution in [0.3, 0.4) is 0 Å². The number of nitrogens with zero attached hydrogens (tertiary/aromatic N) is 4. The number of hydrogen-bond donors (Lipinski definition) is 0. The van der Waals surface area contributed by atoms with Crippen molar-refractivity contribution in [1.29, 1.82) is 0 Å². The van der Waals surface area contributed by atoms with E-state index in [-0.39, 0.29) is 16.6 Å². The number of aromatic nitrogens is 3. The molecular weight excluding hydrogens is 416 g/mol. The quantitative estimate of drug-likeness (QED) is 0.601. The first-order valence-electron chi connectivity index (χ1n) is 10.0. The SMILES string of the molecule is Cc1cnc(N2CCC(Oc3ccn(-c4ccc(S(C)(=O)=O)cc4)c(=O)c3)CC2)nc1. The van der Waals surface area contributed by atoms with Gasteiger partial charge in [-0.15, -0.1) is 0 Å². The highest BCUT2D eigenvalue weighted by Gasteiger charge is 2.22. The summed E-state index contributed by atoms with van der Waals surface area (Å²) in [5, 5.41) is 0. The molecule has 2 aromatic heterocycles. The molecule has 1 aliphatic rings. The average molecular weight is 441 g/mol. The van der Waals surface area contributed by atoms with Gasteiger partial charge in [0, 0.05) is 62.5 Å². The van der Waals surface area contributed by atoms with Crippen LogP contribution in [0, 0.1) is 6.92 Å². The summed E-state index contributed by atoms with van der Waals surface area (Å²) < 4.78 is 30.7. The van der Waals surface area contributed by atoms with E-state index in [1.165, 1.54) is 22.8 Å². The van der Waals surface area contributed by atoms with Gasteiger partial charge in [-0.25, -0.2) is 18.4 Å². The van der Waals surface area contributed by atoms with Crippen molar-refractivity contribution in [1.82, 2.24) is 14.5 Å². The number of rotatable bonds is 5. The molecule has 0 bridgehead atoms. The maximum atomic E-state index is 12.6. The minimum atomic E-state index is -3.28. The second-order valence-corrected chi connectivity index (χ2v) is 9.72. The lowest BCUT2D eigenvalue weighted by atomic mass is 10.1. The molecule has 1 fully saturated rings. The topological polar surface area (TPSA) is 94.4 Å². The van der Waals surface area contributed by atoms with Crippen LogP contribution in [0.25, 0.3) is 5.69 Å². The van der Waals surface area contributed by atoms with E-state index in [0.717, 1.165) is 43.7 Å². The summed E-state index contributed by atoms with van der Waals surface area (Å²) in [7, 11) is -3.28. The third kappa shape index (κ3) is 4.93. The Morgan fingerprint density at radius 2 is 1.68 bits per heavy atom. The minimum absolute atomic E-state index is 0.0194. The summed E-state index contributed by atoms with van der Waals surface area (Å²) in [6, 6.07) is 9.42. The number of sulfone groups is 1. The van der Waals surface area contributed by atoms with Crippen LogP contribution in [0.2, 0.25) is 0 Å². The summed E-state index contributed by atoms with van der Waals surface area (Å²) in [6.45, 7) is 3.54. The van der Waals surface area contributed by atoms with E-state index in [1.807, 2.05) is 19.3 Å². The van der Waals surface area contributed by atoms with Crippen molar-refractivity contribution in [3.63, 3.8) is 0 Å². The third-order valence-electron chi connectivity index (χ3n) is 5.23. The molecule has 9 heteroatoms. The molecule has 0 unspecified atom stereocenters. The zero-order valence-corrected chi connectivity index (χ0v) is 18.2. The van der Waals surface area contributed by atoms with Crippen molar-refractivity contribution >= 4 is 15.8 Å². The van der Waals surface area contributed by atoms with Crippen molar-refractivity contribution < 1.29 is 13.2 Å². The Hall–Kier alpha value is -3.20. The molecule has 0 aliphatic carbocycles. The fraction of sp³-hybridized carbons (Fsp3) is 0.318. The van der Waals surface area contributed by atoms with E-state index in [0.29, 0.717) is 11.4 Å². The summed E-state index contributed by atoms with van der Waals surface area (Å²) >= 11 is 0. The van der Waals surface area contributed by atoms with E-state index >= 15 is 0 Å². The van der Waals surface area contributed by atoms with Gasteiger partial charge in [0.1, 0.15) is 11.9 Å². The standard InChI is InChI=1S/C22H24N4O4S/c1-16-14-23-22(24-15-16)25-10-7-18(8-11-25)30-19-9-12-26(21(27)13-19)17-3-5-20(6-4-17)31(2,28)29/h3-6,9,12-15,18H,7-8,10-11H2,1-2H3. The number of hydrogen-bond acceptors (Lipinski definition) is 7. The van der Waals surface area contributed by atoms with Crippen LogP contribution in [0.4, 0.5) is 5.95 Å². The first-order chi connectivity index (χ1) is 14.8. The van der Waals surface area contributed by atoms with Gasteiger partial charge in [-0.05, 0) is 42.8 Å². The van der Waals surface area contributed by atoms with Crippen molar-refractivity contribution in [3.8, 4) is 11.4 Å². The first-order valence-corrected chi connectivity index (χ1v) is 11.9. The highest BCUT2D eigenvalue weighted by Crippen LogP contribution is 2.21. The van der Waals surface area contributed by atoms with Gasteiger partial charge in [0.05, 0.1) is 4.90 Å². The van der Waals surface area contributed by atoms with Crippen LogP contribution in [0.5, 0.6) is 5.75 Å². The summed E-state index contributed by atoms with van der Waals surface area (Å²) in [5.41, 5.74) is 1.38. The maximum Gasteiger partial charge on any atom is 0.258 e. The summed E-state index contributed by atoms with van der Waals surface area (Å²) in [5.74, 6) is 1.26. The van der Waals surface area contributed by atoms with Crippen molar-refractivity contribution in [2.24, 2.45) is 0 Å². The molecule has 4 rings (SSSR count). The van der Waals surface area contributed by atoms with Gasteiger partial charge >= 0.3 is 0 Å².